The largest absolute Gasteiger partial charge is 0.197 e. The van der Waals surface area contributed by atoms with E-state index in [2.05, 4.69) is 67.7 Å². The van der Waals surface area contributed by atoms with Gasteiger partial charge in [0.2, 0.25) is 0 Å². The molecule has 0 amide bonds. The van der Waals surface area contributed by atoms with Gasteiger partial charge in [-0.3, -0.25) is 0 Å². The SMILES string of the molecule is S=C=C=C=Nc1ccccc1.S=C=C=C=Nc1ccccc1. The molecule has 2 nitrogen and oxygen atoms in total. The third-order valence-electron chi connectivity index (χ3n) is 2.10. The fourth-order valence-electron chi connectivity index (χ4n) is 1.24. The fraction of sp³-hybridized carbons (Fsp3) is 0. The average molecular weight is 318 g/mol. The Bertz CT molecular complexity index is 748. The molecule has 22 heavy (non-hydrogen) atoms. The molecule has 0 saturated carbocycles. The highest BCUT2D eigenvalue weighted by molar-refractivity contribution is 7.78. The van der Waals surface area contributed by atoms with Crippen LogP contribution in [0.4, 0.5) is 11.4 Å². The van der Waals surface area contributed by atoms with Crippen LogP contribution in [0.5, 0.6) is 0 Å². The monoisotopic (exact) mass is 318 g/mol. The van der Waals surface area contributed by atoms with E-state index < -0.39 is 0 Å². The van der Waals surface area contributed by atoms with E-state index in [4.69, 9.17) is 0 Å². The van der Waals surface area contributed by atoms with Gasteiger partial charge in [-0.2, -0.15) is 9.98 Å². The molecular formula is C18H10N2S2. The van der Waals surface area contributed by atoms with Crippen LogP contribution in [0, 0.1) is 0 Å². The minimum absolute atomic E-state index is 0.838. The van der Waals surface area contributed by atoms with E-state index in [1.54, 1.807) is 0 Å². The number of thiocarbonyl (C=S) groups is 2. The molecule has 0 bridgehead atoms. The number of nitrogens with zero attached hydrogens (tertiary/aromatic N) is 2. The summed E-state index contributed by atoms with van der Waals surface area (Å²) in [5.41, 5.74) is 6.57. The summed E-state index contributed by atoms with van der Waals surface area (Å²) >= 11 is 8.77. The van der Waals surface area contributed by atoms with Gasteiger partial charge >= 0.3 is 0 Å². The average Bonchev–Trinajstić information content (AvgIpc) is 2.58. The Labute approximate surface area is 139 Å². The standard InChI is InChI=1S/2C9H5NS/c2*11-8-4-7-10-9-5-2-1-3-6-9/h2*1-3,5-6H. The van der Waals surface area contributed by atoms with Crippen LogP contribution in [0.1, 0.15) is 0 Å². The molecule has 0 aliphatic carbocycles. The van der Waals surface area contributed by atoms with Crippen molar-refractivity contribution < 1.29 is 0 Å². The molecule has 0 atom stereocenters. The molecule has 0 N–H and O–H groups in total. The van der Waals surface area contributed by atoms with Crippen molar-refractivity contribution in [3.05, 3.63) is 72.1 Å². The van der Waals surface area contributed by atoms with Crippen molar-refractivity contribution in [1.82, 2.24) is 0 Å². The van der Waals surface area contributed by atoms with Gasteiger partial charge in [-0.25, -0.2) is 0 Å². The molecule has 0 fully saturated rings. The second kappa shape index (κ2) is 11.9. The number of benzene rings is 2. The zero-order chi connectivity index (χ0) is 15.9. The lowest BCUT2D eigenvalue weighted by Crippen LogP contribution is -1.59. The lowest BCUT2D eigenvalue weighted by molar-refractivity contribution is 1.55. The quantitative estimate of drug-likeness (QED) is 0.459. The second-order valence-electron chi connectivity index (χ2n) is 3.57. The molecule has 0 heterocycles. The first kappa shape index (κ1) is 17.2. The van der Waals surface area contributed by atoms with E-state index in [0.29, 0.717) is 0 Å². The topological polar surface area (TPSA) is 24.7 Å². The van der Waals surface area contributed by atoms with Gasteiger partial charge in [0.1, 0.15) is 0 Å². The molecule has 0 aliphatic heterocycles. The summed E-state index contributed by atoms with van der Waals surface area (Å²) in [4.78, 5) is 7.81. The molecule has 2 rings (SSSR count). The maximum atomic E-state index is 4.38. The Morgan fingerprint density at radius 1 is 0.591 bits per heavy atom. The van der Waals surface area contributed by atoms with E-state index in [-0.39, 0.29) is 0 Å². The lowest BCUT2D eigenvalue weighted by atomic mass is 10.3. The smallest absolute Gasteiger partial charge is 0.0737 e. The molecule has 0 aromatic heterocycles. The Kier molecular flexibility index (Phi) is 9.34. The van der Waals surface area contributed by atoms with Gasteiger partial charge < -0.3 is 0 Å². The molecule has 0 radical (unpaired) electrons. The first-order valence-electron chi connectivity index (χ1n) is 6.12. The van der Waals surface area contributed by atoms with E-state index in [0.717, 1.165) is 11.4 Å². The van der Waals surface area contributed by atoms with Crippen molar-refractivity contribution in [1.29, 1.82) is 0 Å². The van der Waals surface area contributed by atoms with Gasteiger partial charge in [0, 0.05) is 33.2 Å². The predicted octanol–water partition coefficient (Wildman–Crippen LogP) is 4.60. The van der Waals surface area contributed by atoms with Crippen molar-refractivity contribution in [2.24, 2.45) is 9.98 Å². The third-order valence-corrected chi connectivity index (χ3v) is 2.30. The second-order valence-corrected chi connectivity index (χ2v) is 3.98. The number of hydrogen-bond donors (Lipinski definition) is 0. The molecule has 0 unspecified atom stereocenters. The first-order chi connectivity index (χ1) is 10.9. The highest BCUT2D eigenvalue weighted by Gasteiger charge is 1.80. The summed E-state index contributed by atoms with van der Waals surface area (Å²) in [5, 5.41) is 4.53. The van der Waals surface area contributed by atoms with Crippen LogP contribution in [-0.4, -0.2) is 21.8 Å². The van der Waals surface area contributed by atoms with Gasteiger partial charge in [0.25, 0.3) is 0 Å². The number of rotatable bonds is 2. The highest BCUT2D eigenvalue weighted by Crippen LogP contribution is 2.07. The van der Waals surface area contributed by atoms with Gasteiger partial charge in [-0.1, -0.05) is 36.4 Å². The van der Waals surface area contributed by atoms with E-state index in [1.807, 2.05) is 60.7 Å². The Balaban J connectivity index is 0.000000220. The number of hydrogen-bond acceptors (Lipinski definition) is 4. The van der Waals surface area contributed by atoms with E-state index in [1.165, 1.54) is 0 Å². The normalized spacial score (nSPS) is 7.27. The lowest BCUT2D eigenvalue weighted by Gasteiger charge is -1.84. The summed E-state index contributed by atoms with van der Waals surface area (Å²) < 4.78 is 0. The fourth-order valence-corrected chi connectivity index (χ4v) is 1.33. The van der Waals surface area contributed by atoms with Crippen molar-refractivity contribution in [2.45, 2.75) is 0 Å². The molecular weight excluding hydrogens is 308 g/mol. The van der Waals surface area contributed by atoms with Crippen LogP contribution in [0.3, 0.4) is 0 Å². The minimum Gasteiger partial charge on any atom is -0.197 e. The summed E-state index contributed by atoms with van der Waals surface area (Å²) in [6.45, 7) is 0. The molecule has 0 aliphatic rings. The van der Waals surface area contributed by atoms with Crippen molar-refractivity contribution >= 4 is 57.6 Å². The zero-order valence-corrected chi connectivity index (χ0v) is 13.1. The predicted molar refractivity (Wildman–Crippen MR) is 99.3 cm³/mol. The summed E-state index contributed by atoms with van der Waals surface area (Å²) in [6, 6.07) is 19.0. The van der Waals surface area contributed by atoms with Crippen molar-refractivity contribution in [2.75, 3.05) is 0 Å². The Morgan fingerprint density at radius 2 is 0.955 bits per heavy atom. The van der Waals surface area contributed by atoms with Gasteiger partial charge in [0.15, 0.2) is 0 Å². The third kappa shape index (κ3) is 8.35. The van der Waals surface area contributed by atoms with Crippen LogP contribution < -0.4 is 0 Å². The number of para-hydroxylation sites is 2. The molecule has 104 valence electrons. The maximum Gasteiger partial charge on any atom is 0.0737 e. The number of aliphatic imine (C=N–C) groups is 2. The van der Waals surface area contributed by atoms with E-state index >= 15 is 0 Å². The Morgan fingerprint density at radius 3 is 1.27 bits per heavy atom. The van der Waals surface area contributed by atoms with Crippen molar-refractivity contribution in [3.63, 3.8) is 0 Å². The van der Waals surface area contributed by atoms with E-state index in [9.17, 15) is 0 Å². The van der Waals surface area contributed by atoms with Gasteiger partial charge in [-0.15, -0.1) is 0 Å². The minimum atomic E-state index is 0.838. The van der Waals surface area contributed by atoms with Crippen molar-refractivity contribution in [3.8, 4) is 0 Å². The molecule has 2 aromatic carbocycles. The van der Waals surface area contributed by atoms with Gasteiger partial charge in [0.05, 0.1) is 11.4 Å². The summed E-state index contributed by atoms with van der Waals surface area (Å²) in [5.74, 6) is 5.02. The highest BCUT2D eigenvalue weighted by atomic mass is 32.1. The molecule has 4 heteroatoms. The Hall–Kier alpha value is -2.84. The summed E-state index contributed by atoms with van der Waals surface area (Å²) in [7, 11) is 0. The van der Waals surface area contributed by atoms with Gasteiger partial charge in [-0.05, 0) is 48.7 Å². The zero-order valence-electron chi connectivity index (χ0n) is 11.5. The van der Waals surface area contributed by atoms with Crippen LogP contribution in [-0.2, 0) is 0 Å². The molecule has 2 aromatic rings. The maximum absolute atomic E-state index is 4.38. The summed E-state index contributed by atoms with van der Waals surface area (Å²) in [6.07, 6.45) is 0. The van der Waals surface area contributed by atoms with Crippen LogP contribution in [0.15, 0.2) is 82.1 Å². The molecule has 0 spiro atoms. The van der Waals surface area contributed by atoms with Crippen LogP contribution >= 0.6 is 24.4 Å². The van der Waals surface area contributed by atoms with Crippen LogP contribution in [0.2, 0.25) is 0 Å². The first-order valence-corrected chi connectivity index (χ1v) is 6.94. The molecule has 0 saturated heterocycles. The van der Waals surface area contributed by atoms with Crippen LogP contribution in [0.25, 0.3) is 0 Å².